The Kier molecular flexibility index (Phi) is 5.21. The van der Waals surface area contributed by atoms with Crippen molar-refractivity contribution in [3.05, 3.63) is 35.4 Å². The first-order chi connectivity index (χ1) is 11.2. The van der Waals surface area contributed by atoms with Crippen LogP contribution in [0.5, 0.6) is 0 Å². The van der Waals surface area contributed by atoms with Gasteiger partial charge in [-0.3, -0.25) is 9.69 Å². The molecule has 6 heteroatoms. The van der Waals surface area contributed by atoms with Crippen molar-refractivity contribution in [1.29, 1.82) is 5.26 Å². The minimum atomic E-state index is -0.0703. The summed E-state index contributed by atoms with van der Waals surface area (Å²) in [4.78, 5) is 14.9. The number of carbonyl (C=O) groups excluding carboxylic acids is 1. The smallest absolute Gasteiger partial charge is 0.251 e. The Labute approximate surface area is 141 Å². The molecule has 2 fully saturated rings. The molecule has 2 aliphatic heterocycles. The molecule has 0 bridgehead atoms. The number of nitriles is 1. The maximum absolute atomic E-state index is 12.4. The van der Waals surface area contributed by atoms with Gasteiger partial charge in [-0.1, -0.05) is 0 Å². The zero-order valence-corrected chi connectivity index (χ0v) is 13.9. The van der Waals surface area contributed by atoms with Gasteiger partial charge in [-0.05, 0) is 36.4 Å². The predicted molar refractivity (Wildman–Crippen MR) is 90.6 cm³/mol. The summed E-state index contributed by atoms with van der Waals surface area (Å²) in [5.41, 5.74) is 1.22. The molecule has 23 heavy (non-hydrogen) atoms. The van der Waals surface area contributed by atoms with E-state index < -0.39 is 0 Å². The number of benzene rings is 1. The van der Waals surface area contributed by atoms with E-state index in [1.807, 2.05) is 11.8 Å². The molecule has 0 unspecified atom stereocenters. The highest BCUT2D eigenvalue weighted by atomic mass is 32.2. The molecule has 122 valence electrons. The standard InChI is InChI=1S/C17H21N3O2S/c18-11-14-1-3-15(4-2-14)16(21)19-12-17(5-10-23-13-17)20-6-8-22-9-7-20/h1-4H,5-10,12-13H2,(H,19,21)/t17-/m0/s1. The first kappa shape index (κ1) is 16.3. The molecule has 1 N–H and O–H groups in total. The third kappa shape index (κ3) is 3.69. The molecule has 3 rings (SSSR count). The molecule has 0 radical (unpaired) electrons. The number of morpholine rings is 1. The Morgan fingerprint density at radius 3 is 2.70 bits per heavy atom. The third-order valence-electron chi connectivity index (χ3n) is 4.62. The molecule has 5 nitrogen and oxygen atoms in total. The maximum atomic E-state index is 12.4. The van der Waals surface area contributed by atoms with Gasteiger partial charge in [0.15, 0.2) is 0 Å². The van der Waals surface area contributed by atoms with E-state index in [4.69, 9.17) is 10.00 Å². The normalized spacial score (nSPS) is 25.0. The van der Waals surface area contributed by atoms with Crippen molar-refractivity contribution in [1.82, 2.24) is 10.2 Å². The van der Waals surface area contributed by atoms with Gasteiger partial charge in [-0.25, -0.2) is 0 Å². The fraction of sp³-hybridized carbons (Fsp3) is 0.529. The van der Waals surface area contributed by atoms with Gasteiger partial charge >= 0.3 is 0 Å². The highest BCUT2D eigenvalue weighted by molar-refractivity contribution is 7.99. The third-order valence-corrected chi connectivity index (χ3v) is 5.85. The van der Waals surface area contributed by atoms with E-state index in [9.17, 15) is 4.79 Å². The van der Waals surface area contributed by atoms with Crippen LogP contribution < -0.4 is 5.32 Å². The van der Waals surface area contributed by atoms with Crippen LogP contribution in [0.25, 0.3) is 0 Å². The van der Waals surface area contributed by atoms with Crippen LogP contribution in [0.4, 0.5) is 0 Å². The van der Waals surface area contributed by atoms with Crippen molar-refractivity contribution in [3.8, 4) is 6.07 Å². The summed E-state index contributed by atoms with van der Waals surface area (Å²) in [6.45, 7) is 4.09. The monoisotopic (exact) mass is 331 g/mol. The van der Waals surface area contributed by atoms with Gasteiger partial charge in [0, 0.05) is 36.5 Å². The number of nitrogens with one attached hydrogen (secondary N) is 1. The molecule has 0 saturated carbocycles. The van der Waals surface area contributed by atoms with Crippen LogP contribution in [-0.4, -0.2) is 60.7 Å². The first-order valence-electron chi connectivity index (χ1n) is 7.92. The second-order valence-electron chi connectivity index (χ2n) is 6.00. The average molecular weight is 331 g/mol. The summed E-state index contributed by atoms with van der Waals surface area (Å²) < 4.78 is 5.46. The molecule has 0 aromatic heterocycles. The summed E-state index contributed by atoms with van der Waals surface area (Å²) in [7, 11) is 0. The van der Waals surface area contributed by atoms with Gasteiger partial charge in [-0.15, -0.1) is 0 Å². The maximum Gasteiger partial charge on any atom is 0.251 e. The van der Waals surface area contributed by atoms with Crippen LogP contribution in [0.1, 0.15) is 22.3 Å². The molecule has 1 aromatic carbocycles. The molecular weight excluding hydrogens is 310 g/mol. The van der Waals surface area contributed by atoms with E-state index in [1.54, 1.807) is 24.3 Å². The Balaban J connectivity index is 1.64. The molecule has 0 aliphatic carbocycles. The Hall–Kier alpha value is -1.55. The summed E-state index contributed by atoms with van der Waals surface area (Å²) in [5.74, 6) is 2.13. The lowest BCUT2D eigenvalue weighted by atomic mass is 9.95. The lowest BCUT2D eigenvalue weighted by Gasteiger charge is -2.43. The van der Waals surface area contributed by atoms with E-state index in [1.165, 1.54) is 0 Å². The fourth-order valence-corrected chi connectivity index (χ4v) is 4.66. The topological polar surface area (TPSA) is 65.4 Å². The van der Waals surface area contributed by atoms with Crippen LogP contribution in [0, 0.1) is 11.3 Å². The Bertz CT molecular complexity index is 585. The lowest BCUT2D eigenvalue weighted by Crippen LogP contribution is -2.59. The molecule has 1 aromatic rings. The van der Waals surface area contributed by atoms with E-state index in [0.717, 1.165) is 44.2 Å². The SMILES string of the molecule is N#Cc1ccc(C(=O)NC[C@@]2(N3CCOCC3)CCSC2)cc1. The van der Waals surface area contributed by atoms with Gasteiger partial charge in [-0.2, -0.15) is 17.0 Å². The van der Waals surface area contributed by atoms with E-state index in [-0.39, 0.29) is 11.4 Å². The van der Waals surface area contributed by atoms with E-state index in [0.29, 0.717) is 17.7 Å². The summed E-state index contributed by atoms with van der Waals surface area (Å²) in [6, 6.07) is 8.84. The summed E-state index contributed by atoms with van der Waals surface area (Å²) in [6.07, 6.45) is 1.10. The van der Waals surface area contributed by atoms with Crippen molar-refractivity contribution >= 4 is 17.7 Å². The lowest BCUT2D eigenvalue weighted by molar-refractivity contribution is -0.0129. The van der Waals surface area contributed by atoms with Crippen LogP contribution in [-0.2, 0) is 4.74 Å². The zero-order valence-electron chi connectivity index (χ0n) is 13.1. The van der Waals surface area contributed by atoms with Gasteiger partial charge in [0.25, 0.3) is 5.91 Å². The molecule has 0 spiro atoms. The van der Waals surface area contributed by atoms with Crippen molar-refractivity contribution in [2.24, 2.45) is 0 Å². The summed E-state index contributed by atoms with van der Waals surface area (Å²) in [5, 5.41) is 11.9. The van der Waals surface area contributed by atoms with Gasteiger partial charge < -0.3 is 10.1 Å². The van der Waals surface area contributed by atoms with E-state index >= 15 is 0 Å². The number of nitrogens with zero attached hydrogens (tertiary/aromatic N) is 2. The number of thioether (sulfide) groups is 1. The minimum Gasteiger partial charge on any atom is -0.379 e. The van der Waals surface area contributed by atoms with Crippen LogP contribution in [0.2, 0.25) is 0 Å². The largest absolute Gasteiger partial charge is 0.379 e. The number of ether oxygens (including phenoxy) is 1. The second-order valence-corrected chi connectivity index (χ2v) is 7.10. The molecule has 1 amide bonds. The van der Waals surface area contributed by atoms with Gasteiger partial charge in [0.1, 0.15) is 0 Å². The number of hydrogen-bond acceptors (Lipinski definition) is 5. The molecule has 2 saturated heterocycles. The Morgan fingerprint density at radius 2 is 2.09 bits per heavy atom. The van der Waals surface area contributed by atoms with Crippen LogP contribution in [0.3, 0.4) is 0 Å². The average Bonchev–Trinajstić information content (AvgIpc) is 3.11. The number of carbonyl (C=O) groups is 1. The van der Waals surface area contributed by atoms with Gasteiger partial charge in [0.05, 0.1) is 24.8 Å². The van der Waals surface area contributed by atoms with Crippen molar-refractivity contribution in [2.75, 3.05) is 44.4 Å². The van der Waals surface area contributed by atoms with Crippen molar-refractivity contribution in [3.63, 3.8) is 0 Å². The fourth-order valence-electron chi connectivity index (χ4n) is 3.18. The number of hydrogen-bond donors (Lipinski definition) is 1. The minimum absolute atomic E-state index is 0.0523. The zero-order chi connectivity index (χ0) is 16.1. The van der Waals surface area contributed by atoms with Crippen LogP contribution >= 0.6 is 11.8 Å². The second kappa shape index (κ2) is 7.35. The molecule has 2 heterocycles. The quantitative estimate of drug-likeness (QED) is 0.906. The highest BCUT2D eigenvalue weighted by Gasteiger charge is 2.40. The van der Waals surface area contributed by atoms with E-state index in [2.05, 4.69) is 16.3 Å². The molecular formula is C17H21N3O2S. The summed E-state index contributed by atoms with van der Waals surface area (Å²) >= 11 is 1.96. The predicted octanol–water partition coefficient (Wildman–Crippen LogP) is 1.50. The van der Waals surface area contributed by atoms with Gasteiger partial charge in [0.2, 0.25) is 0 Å². The Morgan fingerprint density at radius 1 is 1.35 bits per heavy atom. The van der Waals surface area contributed by atoms with Crippen LogP contribution in [0.15, 0.2) is 24.3 Å². The number of rotatable bonds is 4. The number of amides is 1. The first-order valence-corrected chi connectivity index (χ1v) is 9.08. The highest BCUT2D eigenvalue weighted by Crippen LogP contribution is 2.33. The molecule has 1 atom stereocenters. The van der Waals surface area contributed by atoms with Crippen molar-refractivity contribution in [2.45, 2.75) is 12.0 Å². The molecule has 2 aliphatic rings. The van der Waals surface area contributed by atoms with Crippen molar-refractivity contribution < 1.29 is 9.53 Å².